The van der Waals surface area contributed by atoms with Gasteiger partial charge >= 0.3 is 6.18 Å². The molecule has 1 fully saturated rings. The Bertz CT molecular complexity index is 1010. The summed E-state index contributed by atoms with van der Waals surface area (Å²) in [4.78, 5) is 20.6. The quantitative estimate of drug-likeness (QED) is 0.660. The Labute approximate surface area is 164 Å². The minimum absolute atomic E-state index is 0.160. The first-order chi connectivity index (χ1) is 13.8. The highest BCUT2D eigenvalue weighted by atomic mass is 19.4. The van der Waals surface area contributed by atoms with Crippen LogP contribution in [0.3, 0.4) is 0 Å². The van der Waals surface area contributed by atoms with Crippen LogP contribution in [0.15, 0.2) is 33.4 Å². The number of carbonyl (C=O) groups is 1. The lowest BCUT2D eigenvalue weighted by Crippen LogP contribution is -2.38. The molecule has 0 atom stereocenters. The molecule has 3 aromatic rings. The van der Waals surface area contributed by atoms with Gasteiger partial charge in [-0.1, -0.05) is 5.16 Å². The molecule has 154 valence electrons. The maximum atomic E-state index is 13.3. The predicted molar refractivity (Wildman–Crippen MR) is 97.3 cm³/mol. The van der Waals surface area contributed by atoms with E-state index in [-0.39, 0.29) is 24.7 Å². The van der Waals surface area contributed by atoms with Crippen LogP contribution in [0.1, 0.15) is 22.5 Å². The van der Waals surface area contributed by atoms with Crippen LogP contribution >= 0.6 is 0 Å². The van der Waals surface area contributed by atoms with Crippen molar-refractivity contribution in [1.29, 1.82) is 0 Å². The van der Waals surface area contributed by atoms with Gasteiger partial charge in [-0.05, 0) is 31.5 Å². The highest BCUT2D eigenvalue weighted by Gasteiger charge is 2.32. The van der Waals surface area contributed by atoms with E-state index in [2.05, 4.69) is 10.1 Å². The Kier molecular flexibility index (Phi) is 5.03. The molecule has 0 saturated carbocycles. The first-order valence-corrected chi connectivity index (χ1v) is 9.21. The van der Waals surface area contributed by atoms with E-state index in [0.717, 1.165) is 0 Å². The highest BCUT2D eigenvalue weighted by molar-refractivity contribution is 6.06. The third-order valence-electron chi connectivity index (χ3n) is 4.90. The number of hydrogen-bond donors (Lipinski definition) is 0. The number of carbonyl (C=O) groups excluding carboxylic acids is 1. The Morgan fingerprint density at radius 3 is 2.79 bits per heavy atom. The Hall–Kier alpha value is -2.88. The fourth-order valence-electron chi connectivity index (χ4n) is 3.57. The second-order valence-corrected chi connectivity index (χ2v) is 7.02. The minimum atomic E-state index is -4.26. The van der Waals surface area contributed by atoms with Crippen molar-refractivity contribution < 1.29 is 26.9 Å². The van der Waals surface area contributed by atoms with Gasteiger partial charge in [-0.3, -0.25) is 9.69 Å². The van der Waals surface area contributed by atoms with Gasteiger partial charge in [0, 0.05) is 26.2 Å². The van der Waals surface area contributed by atoms with Crippen LogP contribution in [0.25, 0.3) is 22.6 Å². The molecule has 1 aliphatic heterocycles. The number of halogens is 3. The molecule has 4 rings (SSSR count). The van der Waals surface area contributed by atoms with Crippen molar-refractivity contribution in [2.24, 2.45) is 0 Å². The number of alkyl halides is 3. The standard InChI is InChI=1S/C19H19F3N4O3/c1-12-16-13(10-14(15-4-2-9-28-15)23-17(16)29-24-12)18(27)26-6-3-5-25(7-8-26)11-19(20,21)22/h2,4,9-10H,3,5-8,11H2,1H3. The molecule has 1 amide bonds. The van der Waals surface area contributed by atoms with Crippen LogP contribution in [-0.4, -0.2) is 64.7 Å². The fraction of sp³-hybridized carbons (Fsp3) is 0.421. The Balaban J connectivity index is 1.63. The number of aromatic nitrogens is 2. The number of hydrogen-bond acceptors (Lipinski definition) is 6. The summed E-state index contributed by atoms with van der Waals surface area (Å²) < 4.78 is 48.7. The van der Waals surface area contributed by atoms with Crippen LogP contribution < -0.4 is 0 Å². The van der Waals surface area contributed by atoms with Crippen molar-refractivity contribution in [3.05, 3.63) is 35.7 Å². The van der Waals surface area contributed by atoms with E-state index in [0.29, 0.717) is 47.6 Å². The molecule has 0 bridgehead atoms. The van der Waals surface area contributed by atoms with Crippen molar-refractivity contribution in [3.8, 4) is 11.5 Å². The van der Waals surface area contributed by atoms with E-state index in [1.54, 1.807) is 30.0 Å². The summed E-state index contributed by atoms with van der Waals surface area (Å²) in [5.41, 5.74) is 1.52. The van der Waals surface area contributed by atoms with Crippen molar-refractivity contribution in [2.45, 2.75) is 19.5 Å². The van der Waals surface area contributed by atoms with Gasteiger partial charge in [-0.25, -0.2) is 4.98 Å². The SMILES string of the molecule is Cc1noc2nc(-c3ccco3)cc(C(=O)N3CCCN(CC(F)(F)F)CC3)c12. The van der Waals surface area contributed by atoms with Crippen LogP contribution in [0.2, 0.25) is 0 Å². The second kappa shape index (κ2) is 7.51. The van der Waals surface area contributed by atoms with E-state index in [9.17, 15) is 18.0 Å². The summed E-state index contributed by atoms with van der Waals surface area (Å²) >= 11 is 0. The summed E-state index contributed by atoms with van der Waals surface area (Å²) in [7, 11) is 0. The smallest absolute Gasteiger partial charge is 0.401 e. The molecule has 0 N–H and O–H groups in total. The van der Waals surface area contributed by atoms with E-state index in [1.165, 1.54) is 11.2 Å². The van der Waals surface area contributed by atoms with Gasteiger partial charge in [0.1, 0.15) is 5.69 Å². The van der Waals surface area contributed by atoms with Crippen LogP contribution in [0, 0.1) is 6.92 Å². The van der Waals surface area contributed by atoms with Gasteiger partial charge in [0.05, 0.1) is 29.5 Å². The lowest BCUT2D eigenvalue weighted by Gasteiger charge is -2.23. The van der Waals surface area contributed by atoms with Gasteiger partial charge in [-0.15, -0.1) is 0 Å². The zero-order valence-electron chi connectivity index (χ0n) is 15.7. The molecule has 4 heterocycles. The molecule has 0 aliphatic carbocycles. The van der Waals surface area contributed by atoms with E-state index >= 15 is 0 Å². The number of amides is 1. The normalized spacial score (nSPS) is 16.3. The molecule has 10 heteroatoms. The zero-order valence-corrected chi connectivity index (χ0v) is 15.7. The molecule has 0 spiro atoms. The van der Waals surface area contributed by atoms with Gasteiger partial charge < -0.3 is 13.8 Å². The number of aryl methyl sites for hydroxylation is 1. The first-order valence-electron chi connectivity index (χ1n) is 9.21. The number of pyridine rings is 1. The predicted octanol–water partition coefficient (Wildman–Crippen LogP) is 3.50. The summed E-state index contributed by atoms with van der Waals surface area (Å²) in [5, 5.41) is 4.41. The van der Waals surface area contributed by atoms with E-state index < -0.39 is 12.7 Å². The molecule has 0 radical (unpaired) electrons. The fourth-order valence-corrected chi connectivity index (χ4v) is 3.57. The van der Waals surface area contributed by atoms with Crippen LogP contribution in [0.4, 0.5) is 13.2 Å². The molecule has 29 heavy (non-hydrogen) atoms. The average Bonchev–Trinajstić information content (AvgIpc) is 3.26. The number of rotatable bonds is 3. The Morgan fingerprint density at radius 2 is 2.07 bits per heavy atom. The van der Waals surface area contributed by atoms with E-state index in [4.69, 9.17) is 8.94 Å². The van der Waals surface area contributed by atoms with Gasteiger partial charge in [0.25, 0.3) is 11.6 Å². The molecule has 1 saturated heterocycles. The summed E-state index contributed by atoms with van der Waals surface area (Å²) in [6, 6.07) is 5.04. The first kappa shape index (κ1) is 19.4. The van der Waals surface area contributed by atoms with Gasteiger partial charge in [0.2, 0.25) is 0 Å². The third kappa shape index (κ3) is 4.12. The lowest BCUT2D eigenvalue weighted by atomic mass is 10.1. The summed E-state index contributed by atoms with van der Waals surface area (Å²) in [6.07, 6.45) is -2.30. The maximum Gasteiger partial charge on any atom is 0.401 e. The largest absolute Gasteiger partial charge is 0.463 e. The number of furan rings is 1. The van der Waals surface area contributed by atoms with Crippen molar-refractivity contribution in [3.63, 3.8) is 0 Å². The monoisotopic (exact) mass is 408 g/mol. The average molecular weight is 408 g/mol. The van der Waals surface area contributed by atoms with Crippen molar-refractivity contribution in [2.75, 3.05) is 32.7 Å². The van der Waals surface area contributed by atoms with Crippen molar-refractivity contribution >= 4 is 17.0 Å². The molecule has 0 aromatic carbocycles. The van der Waals surface area contributed by atoms with Gasteiger partial charge in [-0.2, -0.15) is 13.2 Å². The number of nitrogens with zero attached hydrogens (tertiary/aromatic N) is 4. The second-order valence-electron chi connectivity index (χ2n) is 7.02. The highest BCUT2D eigenvalue weighted by Crippen LogP contribution is 2.28. The molecular formula is C19H19F3N4O3. The van der Waals surface area contributed by atoms with Crippen LogP contribution in [0.5, 0.6) is 0 Å². The Morgan fingerprint density at radius 1 is 1.24 bits per heavy atom. The van der Waals surface area contributed by atoms with Crippen molar-refractivity contribution in [1.82, 2.24) is 19.9 Å². The minimum Gasteiger partial charge on any atom is -0.463 e. The lowest BCUT2D eigenvalue weighted by molar-refractivity contribution is -0.145. The molecular weight excluding hydrogens is 389 g/mol. The molecule has 0 unspecified atom stereocenters. The third-order valence-corrected chi connectivity index (χ3v) is 4.90. The topological polar surface area (TPSA) is 75.6 Å². The van der Waals surface area contributed by atoms with Crippen LogP contribution in [-0.2, 0) is 0 Å². The zero-order chi connectivity index (χ0) is 20.6. The summed E-state index contributed by atoms with van der Waals surface area (Å²) in [5.74, 6) is 0.188. The maximum absolute atomic E-state index is 13.3. The molecule has 3 aromatic heterocycles. The molecule has 7 nitrogen and oxygen atoms in total. The summed E-state index contributed by atoms with van der Waals surface area (Å²) in [6.45, 7) is 1.77. The van der Waals surface area contributed by atoms with E-state index in [1.807, 2.05) is 0 Å². The number of fused-ring (bicyclic) bond motifs is 1. The van der Waals surface area contributed by atoms with Gasteiger partial charge in [0.15, 0.2) is 5.76 Å². The molecule has 1 aliphatic rings.